The number of aromatic nitrogens is 3. The molecule has 35 heavy (non-hydrogen) atoms. The molecule has 2 heterocycles. The van der Waals surface area contributed by atoms with E-state index < -0.39 is 0 Å². The van der Waals surface area contributed by atoms with Crippen LogP contribution in [0.4, 0.5) is 10.7 Å². The summed E-state index contributed by atoms with van der Waals surface area (Å²) < 4.78 is 1.97. The van der Waals surface area contributed by atoms with Gasteiger partial charge in [0.25, 0.3) is 0 Å². The van der Waals surface area contributed by atoms with E-state index in [9.17, 15) is 10.1 Å². The zero-order valence-corrected chi connectivity index (χ0v) is 21.8. The molecule has 0 fully saturated rings. The van der Waals surface area contributed by atoms with Crippen molar-refractivity contribution in [3.8, 4) is 17.5 Å². The van der Waals surface area contributed by atoms with E-state index in [1.165, 1.54) is 22.3 Å². The highest BCUT2D eigenvalue weighted by Crippen LogP contribution is 2.37. The number of hydrogen-bond acceptors (Lipinski definition) is 7. The number of rotatable bonds is 10. The number of nitrogens with one attached hydrogen (secondary N) is 1. The Kier molecular flexibility index (Phi) is 8.26. The van der Waals surface area contributed by atoms with E-state index in [0.717, 1.165) is 55.7 Å². The minimum absolute atomic E-state index is 0.150. The number of carbonyl (C=O) groups excluding carboxylic acids is 1. The minimum atomic E-state index is -0.150. The van der Waals surface area contributed by atoms with Gasteiger partial charge in [-0.25, -0.2) is 0 Å². The van der Waals surface area contributed by atoms with Crippen molar-refractivity contribution in [2.45, 2.75) is 51.2 Å². The van der Waals surface area contributed by atoms with Crippen LogP contribution in [0.2, 0.25) is 0 Å². The molecule has 0 spiro atoms. The van der Waals surface area contributed by atoms with Crippen LogP contribution >= 0.6 is 23.1 Å². The summed E-state index contributed by atoms with van der Waals surface area (Å²) in [5.74, 6) is 0.781. The van der Waals surface area contributed by atoms with Gasteiger partial charge in [-0.1, -0.05) is 17.8 Å². The van der Waals surface area contributed by atoms with Crippen LogP contribution in [-0.4, -0.2) is 39.5 Å². The number of aryl methyl sites for hydroxylation is 1. The van der Waals surface area contributed by atoms with Crippen molar-refractivity contribution in [3.05, 3.63) is 52.9 Å². The minimum Gasteiger partial charge on any atom is -0.372 e. The number of thiophene rings is 1. The molecule has 7 nitrogen and oxygen atoms in total. The Morgan fingerprint density at radius 1 is 1.26 bits per heavy atom. The second kappa shape index (κ2) is 11.6. The van der Waals surface area contributed by atoms with E-state index in [-0.39, 0.29) is 11.7 Å². The summed E-state index contributed by atoms with van der Waals surface area (Å²) in [5, 5.41) is 22.7. The van der Waals surface area contributed by atoms with E-state index in [0.29, 0.717) is 22.3 Å². The van der Waals surface area contributed by atoms with Crippen LogP contribution in [0.15, 0.2) is 42.1 Å². The highest BCUT2D eigenvalue weighted by Gasteiger charge is 2.22. The van der Waals surface area contributed by atoms with Crippen molar-refractivity contribution in [3.63, 3.8) is 0 Å². The van der Waals surface area contributed by atoms with Crippen molar-refractivity contribution in [2.24, 2.45) is 0 Å². The van der Waals surface area contributed by atoms with Crippen molar-refractivity contribution in [2.75, 3.05) is 29.1 Å². The number of carbonyl (C=O) groups is 1. The van der Waals surface area contributed by atoms with Crippen molar-refractivity contribution >= 4 is 39.7 Å². The fourth-order valence-electron chi connectivity index (χ4n) is 4.38. The van der Waals surface area contributed by atoms with Crippen LogP contribution in [0.3, 0.4) is 0 Å². The fourth-order valence-corrected chi connectivity index (χ4v) is 6.38. The number of nitrogens with zero attached hydrogens (tertiary/aromatic N) is 5. The third-order valence-electron chi connectivity index (χ3n) is 6.15. The average molecular weight is 507 g/mol. The maximum Gasteiger partial charge on any atom is 0.235 e. The first-order chi connectivity index (χ1) is 17.1. The summed E-state index contributed by atoms with van der Waals surface area (Å²) >= 11 is 2.88. The Hall–Kier alpha value is -3.09. The zero-order valence-electron chi connectivity index (χ0n) is 20.2. The van der Waals surface area contributed by atoms with Gasteiger partial charge in [0.05, 0.1) is 11.3 Å². The molecule has 1 amide bonds. The van der Waals surface area contributed by atoms with E-state index in [1.807, 2.05) is 4.57 Å². The molecule has 0 aliphatic heterocycles. The topological polar surface area (TPSA) is 86.8 Å². The van der Waals surface area contributed by atoms with Crippen LogP contribution < -0.4 is 10.2 Å². The molecule has 4 rings (SSSR count). The molecule has 1 N–H and O–H groups in total. The lowest BCUT2D eigenvalue weighted by atomic mass is 9.96. The third kappa shape index (κ3) is 5.44. The van der Waals surface area contributed by atoms with E-state index in [2.05, 4.69) is 71.2 Å². The van der Waals surface area contributed by atoms with E-state index in [1.54, 1.807) is 17.4 Å². The lowest BCUT2D eigenvalue weighted by Crippen LogP contribution is -2.21. The highest BCUT2D eigenvalue weighted by molar-refractivity contribution is 7.99. The van der Waals surface area contributed by atoms with E-state index >= 15 is 0 Å². The summed E-state index contributed by atoms with van der Waals surface area (Å²) in [5.41, 5.74) is 3.89. The number of anilines is 2. The third-order valence-corrected chi connectivity index (χ3v) is 8.33. The number of hydrogen-bond donors (Lipinski definition) is 1. The lowest BCUT2D eigenvalue weighted by Gasteiger charge is -2.21. The molecule has 1 aliphatic rings. The summed E-state index contributed by atoms with van der Waals surface area (Å²) in [6.07, 6.45) is 5.95. The van der Waals surface area contributed by atoms with Gasteiger partial charge in [0.1, 0.15) is 11.1 Å². The Balaban J connectivity index is 1.47. The first-order valence-corrected chi connectivity index (χ1v) is 13.8. The normalized spacial score (nSPS) is 12.6. The molecule has 0 radical (unpaired) electrons. The molecule has 0 saturated carbocycles. The summed E-state index contributed by atoms with van der Waals surface area (Å²) in [6.45, 7) is 10.6. The largest absolute Gasteiger partial charge is 0.372 e. The Labute approximate surface area is 214 Å². The van der Waals surface area contributed by atoms with Gasteiger partial charge in [0.15, 0.2) is 11.0 Å². The standard InChI is InChI=1S/C26H30N6OS2/c1-4-15-32-24(18-11-13-19(14-12-18)31(5-2)6-3)29-30-26(32)34-17-23(33)28-25-21(16-27)20-9-7-8-10-22(20)35-25/h4,11-14H,1,5-10,15,17H2,2-3H3,(H,28,33). The Morgan fingerprint density at radius 3 is 2.69 bits per heavy atom. The fraction of sp³-hybridized carbons (Fsp3) is 0.385. The maximum absolute atomic E-state index is 12.8. The highest BCUT2D eigenvalue weighted by atomic mass is 32.2. The van der Waals surface area contributed by atoms with Crippen molar-refractivity contribution in [1.82, 2.24) is 14.8 Å². The van der Waals surface area contributed by atoms with Gasteiger partial charge < -0.3 is 10.2 Å². The number of fused-ring (bicyclic) bond motifs is 1. The summed E-state index contributed by atoms with van der Waals surface area (Å²) in [4.78, 5) is 16.3. The summed E-state index contributed by atoms with van der Waals surface area (Å²) in [7, 11) is 0. The molecule has 0 atom stereocenters. The van der Waals surface area contributed by atoms with Gasteiger partial charge in [-0.15, -0.1) is 28.1 Å². The molecule has 182 valence electrons. The molecule has 0 bridgehead atoms. The number of allylic oxidation sites excluding steroid dienone is 1. The lowest BCUT2D eigenvalue weighted by molar-refractivity contribution is -0.113. The molecule has 3 aromatic rings. The van der Waals surface area contributed by atoms with Crippen molar-refractivity contribution in [1.29, 1.82) is 5.26 Å². The number of benzene rings is 1. The second-order valence-electron chi connectivity index (χ2n) is 8.29. The first-order valence-electron chi connectivity index (χ1n) is 12.0. The van der Waals surface area contributed by atoms with Gasteiger partial charge in [-0.05, 0) is 69.4 Å². The summed E-state index contributed by atoms with van der Waals surface area (Å²) in [6, 6.07) is 10.6. The predicted octanol–water partition coefficient (Wildman–Crippen LogP) is 5.52. The molecular formula is C26H30N6OS2. The van der Waals surface area contributed by atoms with Crippen LogP contribution in [0.25, 0.3) is 11.4 Å². The predicted molar refractivity (Wildman–Crippen MR) is 144 cm³/mol. The van der Waals surface area contributed by atoms with Gasteiger partial charge in [0, 0.05) is 35.8 Å². The van der Waals surface area contributed by atoms with Gasteiger partial charge >= 0.3 is 0 Å². The molecule has 1 aliphatic carbocycles. The number of thioether (sulfide) groups is 1. The molecule has 9 heteroatoms. The van der Waals surface area contributed by atoms with Crippen LogP contribution in [0, 0.1) is 11.3 Å². The quantitative estimate of drug-likeness (QED) is 0.288. The molecule has 2 aromatic heterocycles. The monoisotopic (exact) mass is 506 g/mol. The average Bonchev–Trinajstić information content (AvgIpc) is 3.44. The number of nitriles is 1. The molecular weight excluding hydrogens is 476 g/mol. The maximum atomic E-state index is 12.8. The van der Waals surface area contributed by atoms with Crippen molar-refractivity contribution < 1.29 is 4.79 Å². The smallest absolute Gasteiger partial charge is 0.235 e. The Morgan fingerprint density at radius 2 is 2.00 bits per heavy atom. The zero-order chi connectivity index (χ0) is 24.8. The Bertz CT molecular complexity index is 1230. The molecule has 1 aromatic carbocycles. The van der Waals surface area contributed by atoms with Gasteiger partial charge in [-0.2, -0.15) is 5.26 Å². The second-order valence-corrected chi connectivity index (χ2v) is 10.3. The van der Waals surface area contributed by atoms with Crippen LogP contribution in [-0.2, 0) is 24.2 Å². The SMILES string of the molecule is C=CCn1c(SCC(=O)Nc2sc3c(c2C#N)CCCC3)nnc1-c1ccc(N(CC)CC)cc1. The molecule has 0 unspecified atom stereocenters. The van der Waals surface area contributed by atoms with Crippen LogP contribution in [0.5, 0.6) is 0 Å². The first kappa shape index (κ1) is 25.0. The van der Waals surface area contributed by atoms with Crippen LogP contribution in [0.1, 0.15) is 42.7 Å². The number of amides is 1. The molecule has 0 saturated heterocycles. The van der Waals surface area contributed by atoms with Gasteiger partial charge in [0.2, 0.25) is 5.91 Å². The van der Waals surface area contributed by atoms with E-state index in [4.69, 9.17) is 0 Å². The van der Waals surface area contributed by atoms with Gasteiger partial charge in [-0.3, -0.25) is 9.36 Å².